The molecule has 1 aromatic carbocycles. The lowest BCUT2D eigenvalue weighted by Crippen LogP contribution is -2.32. The summed E-state index contributed by atoms with van der Waals surface area (Å²) in [5.74, 6) is 0. The van der Waals surface area contributed by atoms with Gasteiger partial charge in [0.15, 0.2) is 0 Å². The van der Waals surface area contributed by atoms with Crippen LogP contribution in [-0.4, -0.2) is 30.9 Å². The summed E-state index contributed by atoms with van der Waals surface area (Å²) in [6.45, 7) is 0.454. The first-order chi connectivity index (χ1) is 9.97. The van der Waals surface area contributed by atoms with Crippen molar-refractivity contribution < 1.29 is 8.42 Å². The van der Waals surface area contributed by atoms with E-state index in [0.717, 1.165) is 12.8 Å². The smallest absolute Gasteiger partial charge is 0.242 e. The number of fused-ring (bicyclic) bond motifs is 1. The maximum atomic E-state index is 12.5. The fraction of sp³-hybridized carbons (Fsp3) is 0.357. The molecule has 7 heteroatoms. The lowest BCUT2D eigenvalue weighted by atomic mass is 10.2. The van der Waals surface area contributed by atoms with Crippen LogP contribution >= 0.6 is 11.8 Å². The number of rotatable bonds is 5. The number of anilines is 1. The highest BCUT2D eigenvalue weighted by Crippen LogP contribution is 2.46. The van der Waals surface area contributed by atoms with E-state index in [1.807, 2.05) is 6.26 Å². The van der Waals surface area contributed by atoms with Crippen LogP contribution in [0.5, 0.6) is 0 Å². The first-order valence-corrected chi connectivity index (χ1v) is 9.36. The third-order valence-electron chi connectivity index (χ3n) is 3.88. The molecule has 1 aliphatic carbocycles. The molecule has 1 heterocycles. The normalized spacial score (nSPS) is 17.0. The molecule has 21 heavy (non-hydrogen) atoms. The van der Waals surface area contributed by atoms with Crippen LogP contribution in [0, 0.1) is 0 Å². The van der Waals surface area contributed by atoms with Crippen molar-refractivity contribution in [2.75, 3.05) is 18.5 Å². The van der Waals surface area contributed by atoms with Gasteiger partial charge in [-0.3, -0.25) is 4.98 Å². The van der Waals surface area contributed by atoms with E-state index < -0.39 is 10.0 Å². The highest BCUT2D eigenvalue weighted by Gasteiger charge is 2.42. The zero-order valence-electron chi connectivity index (χ0n) is 11.7. The SMILES string of the molecule is CSC1(CNS(=O)(=O)c2ccc(N)c3cccnc23)CC1. The monoisotopic (exact) mass is 323 g/mol. The van der Waals surface area contributed by atoms with Gasteiger partial charge in [-0.15, -0.1) is 0 Å². The Balaban J connectivity index is 1.97. The highest BCUT2D eigenvalue weighted by molar-refractivity contribution is 8.00. The van der Waals surface area contributed by atoms with E-state index in [-0.39, 0.29) is 9.64 Å². The van der Waals surface area contributed by atoms with Crippen LogP contribution in [0.2, 0.25) is 0 Å². The van der Waals surface area contributed by atoms with E-state index in [1.165, 1.54) is 6.07 Å². The van der Waals surface area contributed by atoms with Gasteiger partial charge in [0, 0.05) is 28.6 Å². The van der Waals surface area contributed by atoms with Crippen molar-refractivity contribution in [3.63, 3.8) is 0 Å². The number of sulfonamides is 1. The number of pyridine rings is 1. The second-order valence-electron chi connectivity index (χ2n) is 5.26. The Kier molecular flexibility index (Phi) is 3.59. The van der Waals surface area contributed by atoms with Gasteiger partial charge in [0.1, 0.15) is 4.90 Å². The topological polar surface area (TPSA) is 85.1 Å². The number of aromatic nitrogens is 1. The molecule has 3 rings (SSSR count). The molecule has 0 radical (unpaired) electrons. The molecule has 1 saturated carbocycles. The first-order valence-electron chi connectivity index (χ1n) is 6.65. The van der Waals surface area contributed by atoms with Crippen molar-refractivity contribution >= 4 is 38.4 Å². The predicted molar refractivity (Wildman–Crippen MR) is 86.8 cm³/mol. The van der Waals surface area contributed by atoms with Crippen LogP contribution in [0.15, 0.2) is 35.4 Å². The van der Waals surface area contributed by atoms with Crippen molar-refractivity contribution in [3.05, 3.63) is 30.5 Å². The number of hydrogen-bond acceptors (Lipinski definition) is 5. The van der Waals surface area contributed by atoms with E-state index in [2.05, 4.69) is 9.71 Å². The van der Waals surface area contributed by atoms with Gasteiger partial charge in [0.2, 0.25) is 10.0 Å². The van der Waals surface area contributed by atoms with Gasteiger partial charge in [0.05, 0.1) is 5.52 Å². The van der Waals surface area contributed by atoms with Crippen LogP contribution in [0.4, 0.5) is 5.69 Å². The molecule has 1 fully saturated rings. The number of nitrogen functional groups attached to an aromatic ring is 1. The van der Waals surface area contributed by atoms with Crippen molar-refractivity contribution in [2.45, 2.75) is 22.5 Å². The van der Waals surface area contributed by atoms with Gasteiger partial charge < -0.3 is 5.73 Å². The Morgan fingerprint density at radius 1 is 1.38 bits per heavy atom. The summed E-state index contributed by atoms with van der Waals surface area (Å²) < 4.78 is 27.9. The quantitative estimate of drug-likeness (QED) is 0.822. The Hall–Kier alpha value is -1.31. The molecule has 112 valence electrons. The summed E-state index contributed by atoms with van der Waals surface area (Å²) in [6.07, 6.45) is 5.70. The number of thioether (sulfide) groups is 1. The summed E-state index contributed by atoms with van der Waals surface area (Å²) >= 11 is 1.72. The van der Waals surface area contributed by atoms with Crippen LogP contribution in [-0.2, 0) is 10.0 Å². The Morgan fingerprint density at radius 2 is 2.14 bits per heavy atom. The second-order valence-corrected chi connectivity index (χ2v) is 8.27. The Morgan fingerprint density at radius 3 is 2.81 bits per heavy atom. The number of nitrogens with zero attached hydrogens (tertiary/aromatic N) is 1. The van der Waals surface area contributed by atoms with Crippen LogP contribution < -0.4 is 10.5 Å². The molecule has 3 N–H and O–H groups in total. The number of nitrogens with one attached hydrogen (secondary N) is 1. The average molecular weight is 323 g/mol. The second kappa shape index (κ2) is 5.15. The minimum absolute atomic E-state index is 0.0735. The molecule has 0 spiro atoms. The number of nitrogens with two attached hydrogens (primary N) is 1. The van der Waals surface area contributed by atoms with Crippen LogP contribution in [0.1, 0.15) is 12.8 Å². The molecular weight excluding hydrogens is 306 g/mol. The molecule has 0 saturated heterocycles. The summed E-state index contributed by atoms with van der Waals surface area (Å²) in [6, 6.07) is 6.65. The third kappa shape index (κ3) is 2.73. The van der Waals surface area contributed by atoms with E-state index in [4.69, 9.17) is 5.73 Å². The molecule has 1 aromatic heterocycles. The van der Waals surface area contributed by atoms with Gasteiger partial charge in [-0.25, -0.2) is 13.1 Å². The Bertz CT molecular complexity index is 786. The van der Waals surface area contributed by atoms with Gasteiger partial charge >= 0.3 is 0 Å². The Labute approximate surface area is 128 Å². The summed E-state index contributed by atoms with van der Waals surface area (Å²) in [7, 11) is -3.59. The minimum atomic E-state index is -3.59. The van der Waals surface area contributed by atoms with E-state index in [0.29, 0.717) is 23.1 Å². The fourth-order valence-corrected chi connectivity index (χ4v) is 4.39. The summed E-state index contributed by atoms with van der Waals surface area (Å²) in [4.78, 5) is 4.37. The maximum absolute atomic E-state index is 12.5. The number of benzene rings is 1. The van der Waals surface area contributed by atoms with Gasteiger partial charge in [-0.2, -0.15) is 11.8 Å². The highest BCUT2D eigenvalue weighted by atomic mass is 32.2. The molecule has 5 nitrogen and oxygen atoms in total. The molecular formula is C14H17N3O2S2. The average Bonchev–Trinajstić information content (AvgIpc) is 3.26. The zero-order chi connectivity index (χ0) is 15.1. The number of hydrogen-bond donors (Lipinski definition) is 2. The molecule has 0 atom stereocenters. The van der Waals surface area contributed by atoms with Crippen molar-refractivity contribution in [1.82, 2.24) is 9.71 Å². The van der Waals surface area contributed by atoms with Crippen molar-refractivity contribution in [1.29, 1.82) is 0 Å². The molecule has 0 bridgehead atoms. The lowest BCUT2D eigenvalue weighted by molar-refractivity contribution is 0.580. The zero-order valence-corrected chi connectivity index (χ0v) is 13.3. The molecule has 0 aliphatic heterocycles. The van der Waals surface area contributed by atoms with Crippen LogP contribution in [0.25, 0.3) is 10.9 Å². The molecule has 1 aliphatic rings. The first kappa shape index (κ1) is 14.6. The van der Waals surface area contributed by atoms with Gasteiger partial charge in [-0.1, -0.05) is 0 Å². The van der Waals surface area contributed by atoms with Gasteiger partial charge in [0.25, 0.3) is 0 Å². The van der Waals surface area contributed by atoms with E-state index in [9.17, 15) is 8.42 Å². The third-order valence-corrected chi connectivity index (χ3v) is 6.73. The molecule has 0 amide bonds. The lowest BCUT2D eigenvalue weighted by Gasteiger charge is -2.14. The fourth-order valence-electron chi connectivity index (χ4n) is 2.28. The molecule has 2 aromatic rings. The predicted octanol–water partition coefficient (Wildman–Crippen LogP) is 1.99. The van der Waals surface area contributed by atoms with E-state index in [1.54, 1.807) is 36.2 Å². The molecule has 0 unspecified atom stereocenters. The summed E-state index contributed by atoms with van der Waals surface area (Å²) in [5, 5.41) is 0.659. The largest absolute Gasteiger partial charge is 0.398 e. The minimum Gasteiger partial charge on any atom is -0.398 e. The van der Waals surface area contributed by atoms with Crippen LogP contribution in [0.3, 0.4) is 0 Å². The summed E-state index contributed by atoms with van der Waals surface area (Å²) in [5.41, 5.74) is 6.83. The van der Waals surface area contributed by atoms with E-state index >= 15 is 0 Å². The van der Waals surface area contributed by atoms with Crippen molar-refractivity contribution in [3.8, 4) is 0 Å². The van der Waals surface area contributed by atoms with Crippen molar-refractivity contribution in [2.24, 2.45) is 0 Å². The maximum Gasteiger partial charge on any atom is 0.242 e. The van der Waals surface area contributed by atoms with Gasteiger partial charge in [-0.05, 0) is 43.4 Å². The standard InChI is InChI=1S/C14H17N3O2S2/c1-20-14(6-7-14)9-17-21(18,19)12-5-4-11(15)10-3-2-8-16-13(10)12/h2-5,8,17H,6-7,9,15H2,1H3.